The number of rotatable bonds is 6. The number of anilines is 1. The highest BCUT2D eigenvalue weighted by Crippen LogP contribution is 2.26. The standard InChI is InChI=1S/C15H26N4O2/c1-11-5-6-12(2)19(11)13(3)15(20)16-14-7-8-18(17-14)9-10-21-4/h7-8,11-13H,5-6,9-10H2,1-4H3,(H,16,17,20)/t11-,12+,13-/m1/s1. The van der Waals surface area contributed by atoms with Crippen LogP contribution in [0.3, 0.4) is 0 Å². The first-order valence-corrected chi connectivity index (χ1v) is 7.63. The fraction of sp³-hybridized carbons (Fsp3) is 0.733. The summed E-state index contributed by atoms with van der Waals surface area (Å²) in [6.07, 6.45) is 4.16. The van der Waals surface area contributed by atoms with Gasteiger partial charge in [0, 0.05) is 31.5 Å². The van der Waals surface area contributed by atoms with Crippen molar-refractivity contribution in [2.75, 3.05) is 19.0 Å². The summed E-state index contributed by atoms with van der Waals surface area (Å²) in [5, 5.41) is 7.22. The minimum absolute atomic E-state index is 0.00703. The summed E-state index contributed by atoms with van der Waals surface area (Å²) < 4.78 is 6.78. The molecule has 0 bridgehead atoms. The van der Waals surface area contributed by atoms with Gasteiger partial charge in [-0.25, -0.2) is 0 Å². The van der Waals surface area contributed by atoms with Crippen molar-refractivity contribution < 1.29 is 9.53 Å². The minimum atomic E-state index is -0.137. The Balaban J connectivity index is 1.92. The summed E-state index contributed by atoms with van der Waals surface area (Å²) in [4.78, 5) is 14.7. The summed E-state index contributed by atoms with van der Waals surface area (Å²) in [6.45, 7) is 7.63. The molecule has 0 aliphatic carbocycles. The highest BCUT2D eigenvalue weighted by molar-refractivity contribution is 5.93. The fourth-order valence-corrected chi connectivity index (χ4v) is 3.08. The lowest BCUT2D eigenvalue weighted by atomic mass is 10.2. The molecule has 0 spiro atoms. The van der Waals surface area contributed by atoms with Crippen LogP contribution in [-0.2, 0) is 16.1 Å². The van der Waals surface area contributed by atoms with Crippen LogP contribution in [0.5, 0.6) is 0 Å². The van der Waals surface area contributed by atoms with Gasteiger partial charge in [0.2, 0.25) is 5.91 Å². The zero-order chi connectivity index (χ0) is 15.4. The predicted molar refractivity (Wildman–Crippen MR) is 82.2 cm³/mol. The Morgan fingerprint density at radius 3 is 2.76 bits per heavy atom. The van der Waals surface area contributed by atoms with Crippen molar-refractivity contribution in [1.82, 2.24) is 14.7 Å². The maximum absolute atomic E-state index is 12.4. The van der Waals surface area contributed by atoms with Crippen LogP contribution < -0.4 is 5.32 Å². The minimum Gasteiger partial charge on any atom is -0.383 e. The van der Waals surface area contributed by atoms with Crippen LogP contribution in [0.4, 0.5) is 5.82 Å². The van der Waals surface area contributed by atoms with Gasteiger partial charge < -0.3 is 10.1 Å². The number of hydrogen-bond donors (Lipinski definition) is 1. The van der Waals surface area contributed by atoms with Crippen LogP contribution in [0.2, 0.25) is 0 Å². The highest BCUT2D eigenvalue weighted by atomic mass is 16.5. The number of carbonyl (C=O) groups excluding carboxylic acids is 1. The SMILES string of the molecule is COCCn1ccc(NC(=O)[C@@H](C)N2[C@H](C)CC[C@@H]2C)n1. The van der Waals surface area contributed by atoms with Crippen LogP contribution in [0.1, 0.15) is 33.6 Å². The molecule has 3 atom stereocenters. The molecule has 0 saturated carbocycles. The normalized spacial score (nSPS) is 24.2. The van der Waals surface area contributed by atoms with E-state index in [2.05, 4.69) is 29.2 Å². The molecule has 1 amide bonds. The first-order chi connectivity index (χ1) is 10.0. The summed E-state index contributed by atoms with van der Waals surface area (Å²) in [5.74, 6) is 0.607. The highest BCUT2D eigenvalue weighted by Gasteiger charge is 2.34. The predicted octanol–water partition coefficient (Wildman–Crippen LogP) is 1.73. The largest absolute Gasteiger partial charge is 0.383 e. The van der Waals surface area contributed by atoms with E-state index in [0.717, 1.165) is 12.8 Å². The van der Waals surface area contributed by atoms with Gasteiger partial charge in [-0.3, -0.25) is 14.4 Å². The van der Waals surface area contributed by atoms with Crippen molar-refractivity contribution in [3.05, 3.63) is 12.3 Å². The Morgan fingerprint density at radius 2 is 2.14 bits per heavy atom. The van der Waals surface area contributed by atoms with Gasteiger partial charge in [0.25, 0.3) is 0 Å². The molecule has 2 rings (SSSR count). The average Bonchev–Trinajstić information content (AvgIpc) is 3.03. The molecule has 1 aromatic heterocycles. The molecule has 6 nitrogen and oxygen atoms in total. The van der Waals surface area contributed by atoms with Gasteiger partial charge in [-0.15, -0.1) is 0 Å². The molecule has 1 N–H and O–H groups in total. The molecule has 0 radical (unpaired) electrons. The second-order valence-electron chi connectivity index (χ2n) is 5.84. The number of likely N-dealkylation sites (tertiary alicyclic amines) is 1. The molecule has 0 aromatic carbocycles. The first-order valence-electron chi connectivity index (χ1n) is 7.63. The van der Waals surface area contributed by atoms with E-state index in [0.29, 0.717) is 31.1 Å². The third kappa shape index (κ3) is 3.83. The van der Waals surface area contributed by atoms with Crippen LogP contribution in [-0.4, -0.2) is 52.4 Å². The Labute approximate surface area is 126 Å². The second kappa shape index (κ2) is 7.04. The van der Waals surface area contributed by atoms with Crippen LogP contribution in [0.15, 0.2) is 12.3 Å². The van der Waals surface area contributed by atoms with E-state index in [1.165, 1.54) is 0 Å². The van der Waals surface area contributed by atoms with Crippen molar-refractivity contribution in [1.29, 1.82) is 0 Å². The van der Waals surface area contributed by atoms with Gasteiger partial charge in [0.1, 0.15) is 0 Å². The van der Waals surface area contributed by atoms with Crippen LogP contribution in [0.25, 0.3) is 0 Å². The second-order valence-corrected chi connectivity index (χ2v) is 5.84. The van der Waals surface area contributed by atoms with E-state index < -0.39 is 0 Å². The molecule has 1 aliphatic rings. The number of hydrogen-bond acceptors (Lipinski definition) is 4. The van der Waals surface area contributed by atoms with Crippen LogP contribution >= 0.6 is 0 Å². The van der Waals surface area contributed by atoms with E-state index in [4.69, 9.17) is 4.74 Å². The number of methoxy groups -OCH3 is 1. The molecule has 1 saturated heterocycles. The number of carbonyl (C=O) groups is 1. The van der Waals surface area contributed by atoms with E-state index in [1.54, 1.807) is 11.8 Å². The average molecular weight is 294 g/mol. The quantitative estimate of drug-likeness (QED) is 0.868. The lowest BCUT2D eigenvalue weighted by Gasteiger charge is -2.31. The lowest BCUT2D eigenvalue weighted by Crippen LogP contribution is -2.46. The zero-order valence-electron chi connectivity index (χ0n) is 13.4. The van der Waals surface area contributed by atoms with Crippen molar-refractivity contribution >= 4 is 11.7 Å². The topological polar surface area (TPSA) is 59.4 Å². The third-order valence-electron chi connectivity index (χ3n) is 4.26. The van der Waals surface area contributed by atoms with Crippen molar-refractivity contribution in [3.63, 3.8) is 0 Å². The number of amides is 1. The molecule has 6 heteroatoms. The molecule has 21 heavy (non-hydrogen) atoms. The summed E-state index contributed by atoms with van der Waals surface area (Å²) >= 11 is 0. The molecule has 0 unspecified atom stereocenters. The molecular weight excluding hydrogens is 268 g/mol. The third-order valence-corrected chi connectivity index (χ3v) is 4.26. The summed E-state index contributed by atoms with van der Waals surface area (Å²) in [7, 11) is 1.66. The van der Waals surface area contributed by atoms with E-state index in [9.17, 15) is 4.79 Å². The van der Waals surface area contributed by atoms with Gasteiger partial charge >= 0.3 is 0 Å². The van der Waals surface area contributed by atoms with Gasteiger partial charge in [-0.1, -0.05) is 0 Å². The van der Waals surface area contributed by atoms with Crippen molar-refractivity contribution in [3.8, 4) is 0 Å². The number of nitrogens with zero attached hydrogens (tertiary/aromatic N) is 3. The molecule has 1 fully saturated rings. The number of ether oxygens (including phenoxy) is 1. The molecule has 118 valence electrons. The fourth-order valence-electron chi connectivity index (χ4n) is 3.08. The maximum atomic E-state index is 12.4. The van der Waals surface area contributed by atoms with Crippen molar-refractivity contribution in [2.45, 2.75) is 58.3 Å². The van der Waals surface area contributed by atoms with E-state index >= 15 is 0 Å². The van der Waals surface area contributed by atoms with Gasteiger partial charge in [-0.05, 0) is 33.6 Å². The van der Waals surface area contributed by atoms with Crippen molar-refractivity contribution in [2.24, 2.45) is 0 Å². The maximum Gasteiger partial charge on any atom is 0.242 e. The Morgan fingerprint density at radius 1 is 1.48 bits per heavy atom. The smallest absolute Gasteiger partial charge is 0.242 e. The molecular formula is C15H26N4O2. The first kappa shape index (κ1) is 16.0. The van der Waals surface area contributed by atoms with Gasteiger partial charge in [0.05, 0.1) is 19.2 Å². The Hall–Kier alpha value is -1.40. The number of nitrogens with one attached hydrogen (secondary N) is 1. The van der Waals surface area contributed by atoms with Crippen LogP contribution in [0, 0.1) is 0 Å². The lowest BCUT2D eigenvalue weighted by molar-refractivity contribution is -0.121. The Kier molecular flexibility index (Phi) is 5.36. The van der Waals surface area contributed by atoms with E-state index in [-0.39, 0.29) is 11.9 Å². The summed E-state index contributed by atoms with van der Waals surface area (Å²) in [6, 6.07) is 2.60. The summed E-state index contributed by atoms with van der Waals surface area (Å²) in [5.41, 5.74) is 0. The molecule has 2 heterocycles. The van der Waals surface area contributed by atoms with E-state index in [1.807, 2.05) is 19.2 Å². The zero-order valence-corrected chi connectivity index (χ0v) is 13.4. The van der Waals surface area contributed by atoms with Gasteiger partial charge in [-0.2, -0.15) is 5.10 Å². The molecule has 1 aromatic rings. The monoisotopic (exact) mass is 294 g/mol. The Bertz CT molecular complexity index is 464. The number of aromatic nitrogens is 2. The van der Waals surface area contributed by atoms with Gasteiger partial charge in [0.15, 0.2) is 5.82 Å². The molecule has 1 aliphatic heterocycles.